The predicted octanol–water partition coefficient (Wildman–Crippen LogP) is 5.05. The number of pyridine rings is 1. The summed E-state index contributed by atoms with van der Waals surface area (Å²) in [6.45, 7) is 6.05. The van der Waals surface area contributed by atoms with Gasteiger partial charge in [-0.1, -0.05) is 35.9 Å². The third-order valence-corrected chi connectivity index (χ3v) is 5.99. The topological polar surface area (TPSA) is 62.3 Å². The molecule has 1 aliphatic heterocycles. The normalized spacial score (nSPS) is 13.9. The molecule has 31 heavy (non-hydrogen) atoms. The van der Waals surface area contributed by atoms with Crippen LogP contribution in [-0.2, 0) is 16.1 Å². The van der Waals surface area contributed by atoms with Gasteiger partial charge in [0.05, 0.1) is 12.1 Å². The lowest BCUT2D eigenvalue weighted by Crippen LogP contribution is -2.32. The fourth-order valence-electron chi connectivity index (χ4n) is 3.55. The van der Waals surface area contributed by atoms with Crippen LogP contribution in [0, 0.1) is 20.8 Å². The van der Waals surface area contributed by atoms with Crippen molar-refractivity contribution in [3.8, 4) is 0 Å². The van der Waals surface area contributed by atoms with Crippen molar-refractivity contribution in [2.75, 3.05) is 5.32 Å². The number of aromatic nitrogens is 1. The summed E-state index contributed by atoms with van der Waals surface area (Å²) in [4.78, 5) is 32.1. The van der Waals surface area contributed by atoms with Crippen LogP contribution in [0.2, 0.25) is 5.02 Å². The van der Waals surface area contributed by atoms with Crippen molar-refractivity contribution in [1.29, 1.82) is 0 Å². The number of carbonyl (C=O) groups is 2. The van der Waals surface area contributed by atoms with Crippen molar-refractivity contribution in [2.24, 2.45) is 0 Å². The zero-order valence-electron chi connectivity index (χ0n) is 17.6. The number of benzene rings is 2. The molecular formula is C25H22ClN3O2. The molecule has 0 unspecified atom stereocenters. The molecule has 0 fully saturated rings. The van der Waals surface area contributed by atoms with Crippen LogP contribution in [0.4, 0.5) is 5.69 Å². The van der Waals surface area contributed by atoms with Gasteiger partial charge >= 0.3 is 0 Å². The van der Waals surface area contributed by atoms with E-state index < -0.39 is 0 Å². The Labute approximate surface area is 186 Å². The molecule has 0 aliphatic carbocycles. The molecule has 1 N–H and O–H groups in total. The van der Waals surface area contributed by atoms with Crippen LogP contribution in [0.15, 0.2) is 66.6 Å². The molecule has 1 aromatic heterocycles. The monoisotopic (exact) mass is 431 g/mol. The highest BCUT2D eigenvalue weighted by atomic mass is 35.5. The Morgan fingerprint density at radius 3 is 2.39 bits per heavy atom. The maximum absolute atomic E-state index is 13.4. The van der Waals surface area contributed by atoms with Gasteiger partial charge in [0, 0.05) is 23.1 Å². The predicted molar refractivity (Wildman–Crippen MR) is 122 cm³/mol. The average molecular weight is 432 g/mol. The van der Waals surface area contributed by atoms with Gasteiger partial charge in [-0.05, 0) is 72.9 Å². The standard InChI is InChI=1S/C25H22ClN3O2/c1-15-7-8-19(13-16(15)2)22-23(28-21-6-4-5-20(26)17(21)3)25(31)29(24(22)30)14-18-9-11-27-12-10-18/h4-13,28H,14H2,1-3H3. The lowest BCUT2D eigenvalue weighted by molar-refractivity contribution is -0.137. The quantitative estimate of drug-likeness (QED) is 0.574. The molecule has 1 aliphatic rings. The van der Waals surface area contributed by atoms with Crippen molar-refractivity contribution in [3.05, 3.63) is 99.5 Å². The number of nitrogens with one attached hydrogen (secondary N) is 1. The van der Waals surface area contributed by atoms with Gasteiger partial charge in [-0.25, -0.2) is 0 Å². The van der Waals surface area contributed by atoms with E-state index in [2.05, 4.69) is 10.3 Å². The van der Waals surface area contributed by atoms with Gasteiger partial charge in [0.2, 0.25) is 0 Å². The first-order chi connectivity index (χ1) is 14.9. The number of aryl methyl sites for hydroxylation is 2. The fraction of sp³-hybridized carbons (Fsp3) is 0.160. The average Bonchev–Trinajstić information content (AvgIpc) is 2.98. The molecule has 0 spiro atoms. The highest BCUT2D eigenvalue weighted by Crippen LogP contribution is 2.34. The SMILES string of the molecule is Cc1ccc(C2=C(Nc3cccc(Cl)c3C)C(=O)N(Cc3ccncc3)C2=O)cc1C. The Morgan fingerprint density at radius 2 is 1.68 bits per heavy atom. The summed E-state index contributed by atoms with van der Waals surface area (Å²) in [6, 6.07) is 14.8. The number of carbonyl (C=O) groups excluding carboxylic acids is 2. The van der Waals surface area contributed by atoms with Crippen molar-refractivity contribution in [1.82, 2.24) is 9.88 Å². The fourth-order valence-corrected chi connectivity index (χ4v) is 3.72. The lowest BCUT2D eigenvalue weighted by atomic mass is 9.99. The Morgan fingerprint density at radius 1 is 0.935 bits per heavy atom. The zero-order chi connectivity index (χ0) is 22.1. The molecule has 2 amide bonds. The maximum atomic E-state index is 13.4. The highest BCUT2D eigenvalue weighted by molar-refractivity contribution is 6.36. The number of hydrogen-bond donors (Lipinski definition) is 1. The molecule has 2 heterocycles. The van der Waals surface area contributed by atoms with E-state index in [1.54, 1.807) is 30.6 Å². The van der Waals surface area contributed by atoms with E-state index in [-0.39, 0.29) is 24.1 Å². The Hall–Kier alpha value is -3.44. The maximum Gasteiger partial charge on any atom is 0.278 e. The van der Waals surface area contributed by atoms with Crippen LogP contribution in [0.1, 0.15) is 27.8 Å². The first kappa shape index (κ1) is 20.8. The van der Waals surface area contributed by atoms with E-state index in [9.17, 15) is 9.59 Å². The number of amides is 2. The summed E-state index contributed by atoms with van der Waals surface area (Å²) in [5, 5.41) is 3.79. The second kappa shape index (κ2) is 8.36. The molecule has 5 nitrogen and oxygen atoms in total. The van der Waals surface area contributed by atoms with Crippen LogP contribution in [0.25, 0.3) is 5.57 Å². The molecule has 0 atom stereocenters. The van der Waals surface area contributed by atoms with E-state index in [0.717, 1.165) is 22.3 Å². The van der Waals surface area contributed by atoms with E-state index in [1.807, 2.05) is 51.1 Å². The second-order valence-electron chi connectivity index (χ2n) is 7.64. The Bertz CT molecular complexity index is 1220. The molecule has 0 radical (unpaired) electrons. The van der Waals surface area contributed by atoms with Crippen LogP contribution in [0.5, 0.6) is 0 Å². The summed E-state index contributed by atoms with van der Waals surface area (Å²) in [6.07, 6.45) is 3.29. The molecule has 4 rings (SSSR count). The minimum absolute atomic E-state index is 0.175. The minimum atomic E-state index is -0.366. The van der Waals surface area contributed by atoms with E-state index in [4.69, 9.17) is 11.6 Å². The van der Waals surface area contributed by atoms with Crippen LogP contribution >= 0.6 is 11.6 Å². The van der Waals surface area contributed by atoms with Gasteiger partial charge in [-0.3, -0.25) is 19.5 Å². The van der Waals surface area contributed by atoms with Gasteiger partial charge in [-0.2, -0.15) is 0 Å². The van der Waals surface area contributed by atoms with E-state index in [1.165, 1.54) is 4.90 Å². The molecule has 6 heteroatoms. The molecule has 0 saturated heterocycles. The third kappa shape index (κ3) is 3.97. The number of halogens is 1. The largest absolute Gasteiger partial charge is 0.350 e. The zero-order valence-corrected chi connectivity index (χ0v) is 18.3. The molecular weight excluding hydrogens is 410 g/mol. The Kier molecular flexibility index (Phi) is 5.61. The smallest absolute Gasteiger partial charge is 0.278 e. The van der Waals surface area contributed by atoms with Crippen molar-refractivity contribution < 1.29 is 9.59 Å². The molecule has 156 valence electrons. The Balaban J connectivity index is 1.80. The molecule has 0 saturated carbocycles. The molecule has 2 aromatic carbocycles. The van der Waals surface area contributed by atoms with Crippen LogP contribution in [0.3, 0.4) is 0 Å². The minimum Gasteiger partial charge on any atom is -0.350 e. The second-order valence-corrected chi connectivity index (χ2v) is 8.05. The summed E-state index contributed by atoms with van der Waals surface area (Å²) >= 11 is 6.27. The van der Waals surface area contributed by atoms with Gasteiger partial charge < -0.3 is 5.32 Å². The molecule has 0 bridgehead atoms. The lowest BCUT2D eigenvalue weighted by Gasteiger charge is -2.16. The first-order valence-corrected chi connectivity index (χ1v) is 10.3. The van der Waals surface area contributed by atoms with Gasteiger partial charge in [0.1, 0.15) is 5.70 Å². The third-order valence-electron chi connectivity index (χ3n) is 5.58. The molecule has 3 aromatic rings. The van der Waals surface area contributed by atoms with Crippen molar-refractivity contribution >= 4 is 34.7 Å². The first-order valence-electron chi connectivity index (χ1n) is 9.96. The summed E-state index contributed by atoms with van der Waals surface area (Å²) < 4.78 is 0. The van der Waals surface area contributed by atoms with Gasteiger partial charge in [-0.15, -0.1) is 0 Å². The van der Waals surface area contributed by atoms with Crippen LogP contribution < -0.4 is 5.32 Å². The number of nitrogens with zero attached hydrogens (tertiary/aromatic N) is 2. The van der Waals surface area contributed by atoms with E-state index in [0.29, 0.717) is 21.8 Å². The van der Waals surface area contributed by atoms with Crippen molar-refractivity contribution in [3.63, 3.8) is 0 Å². The summed E-state index contributed by atoms with van der Waals surface area (Å²) in [7, 11) is 0. The highest BCUT2D eigenvalue weighted by Gasteiger charge is 2.39. The number of imide groups is 1. The van der Waals surface area contributed by atoms with Gasteiger partial charge in [0.15, 0.2) is 0 Å². The summed E-state index contributed by atoms with van der Waals surface area (Å²) in [5.74, 6) is -0.693. The summed E-state index contributed by atoms with van der Waals surface area (Å²) in [5.41, 5.74) is 5.83. The van der Waals surface area contributed by atoms with Crippen molar-refractivity contribution in [2.45, 2.75) is 27.3 Å². The van der Waals surface area contributed by atoms with Gasteiger partial charge in [0.25, 0.3) is 11.8 Å². The van der Waals surface area contributed by atoms with E-state index >= 15 is 0 Å². The van der Waals surface area contributed by atoms with Crippen LogP contribution in [-0.4, -0.2) is 21.7 Å². The number of rotatable bonds is 5. The number of anilines is 1. The number of hydrogen-bond acceptors (Lipinski definition) is 4.